The first kappa shape index (κ1) is 17.5. The van der Waals surface area contributed by atoms with Gasteiger partial charge in [0.15, 0.2) is 11.6 Å². The van der Waals surface area contributed by atoms with Crippen LogP contribution in [0.25, 0.3) is 0 Å². The van der Waals surface area contributed by atoms with Gasteiger partial charge in [0.2, 0.25) is 0 Å². The number of benzene rings is 1. The van der Waals surface area contributed by atoms with Gasteiger partial charge >= 0.3 is 0 Å². The molecule has 0 bridgehead atoms. The largest absolute Gasteiger partial charge is 0.396 e. The zero-order valence-corrected chi connectivity index (χ0v) is 14.3. The van der Waals surface area contributed by atoms with Crippen LogP contribution in [0.2, 0.25) is 0 Å². The Labute approximate surface area is 145 Å². The summed E-state index contributed by atoms with van der Waals surface area (Å²) in [6.07, 6.45) is 0.687. The van der Waals surface area contributed by atoms with Crippen LogP contribution in [0.1, 0.15) is 17.5 Å². The van der Waals surface area contributed by atoms with Gasteiger partial charge in [-0.3, -0.25) is 9.80 Å². The van der Waals surface area contributed by atoms with E-state index in [2.05, 4.69) is 26.6 Å². The second-order valence-electron chi connectivity index (χ2n) is 6.22. The molecule has 0 saturated carbocycles. The van der Waals surface area contributed by atoms with Crippen molar-refractivity contribution in [2.75, 3.05) is 26.2 Å². The van der Waals surface area contributed by atoms with E-state index in [0.29, 0.717) is 18.5 Å². The van der Waals surface area contributed by atoms with Crippen molar-refractivity contribution in [3.8, 4) is 0 Å². The lowest BCUT2D eigenvalue weighted by atomic mass is 10.1. The van der Waals surface area contributed by atoms with Gasteiger partial charge in [0, 0.05) is 50.9 Å². The topological polar surface area (TPSA) is 26.7 Å². The predicted molar refractivity (Wildman–Crippen MR) is 91.9 cm³/mol. The van der Waals surface area contributed by atoms with Crippen molar-refractivity contribution < 1.29 is 13.9 Å². The lowest BCUT2D eigenvalue weighted by Crippen LogP contribution is -2.52. The highest BCUT2D eigenvalue weighted by Gasteiger charge is 2.27. The van der Waals surface area contributed by atoms with Crippen LogP contribution in [-0.2, 0) is 13.1 Å². The van der Waals surface area contributed by atoms with Gasteiger partial charge in [0.25, 0.3) is 0 Å². The molecule has 1 aromatic heterocycles. The smallest absolute Gasteiger partial charge is 0.163 e. The molecule has 1 atom stereocenters. The van der Waals surface area contributed by atoms with E-state index in [9.17, 15) is 13.9 Å². The maximum Gasteiger partial charge on any atom is 0.163 e. The fourth-order valence-electron chi connectivity index (χ4n) is 3.26. The van der Waals surface area contributed by atoms with Gasteiger partial charge in [-0.05, 0) is 34.9 Å². The van der Waals surface area contributed by atoms with Crippen LogP contribution in [0, 0.1) is 11.6 Å². The van der Waals surface area contributed by atoms with E-state index in [1.54, 1.807) is 23.5 Å². The van der Waals surface area contributed by atoms with E-state index in [-0.39, 0.29) is 12.6 Å². The highest BCUT2D eigenvalue weighted by molar-refractivity contribution is 7.07. The number of rotatable bonds is 6. The predicted octanol–water partition coefficient (Wildman–Crippen LogP) is 3.10. The van der Waals surface area contributed by atoms with Crippen molar-refractivity contribution in [2.45, 2.75) is 25.6 Å². The molecule has 1 N–H and O–H groups in total. The van der Waals surface area contributed by atoms with E-state index in [0.717, 1.165) is 32.2 Å². The molecule has 1 unspecified atom stereocenters. The second kappa shape index (κ2) is 8.16. The van der Waals surface area contributed by atoms with E-state index in [1.807, 2.05) is 0 Å². The van der Waals surface area contributed by atoms with E-state index in [1.165, 1.54) is 5.56 Å². The Balaban J connectivity index is 1.64. The molecular formula is C18H22F2N2OS. The van der Waals surface area contributed by atoms with Crippen LogP contribution in [0.3, 0.4) is 0 Å². The molecule has 0 spiro atoms. The molecule has 2 heterocycles. The minimum absolute atomic E-state index is 0.132. The van der Waals surface area contributed by atoms with Crippen LogP contribution in [0.5, 0.6) is 0 Å². The second-order valence-corrected chi connectivity index (χ2v) is 7.00. The maximum absolute atomic E-state index is 13.9. The third kappa shape index (κ3) is 4.19. The van der Waals surface area contributed by atoms with Crippen LogP contribution < -0.4 is 0 Å². The Morgan fingerprint density at radius 3 is 2.79 bits per heavy atom. The summed E-state index contributed by atoms with van der Waals surface area (Å²) >= 11 is 1.68. The monoisotopic (exact) mass is 352 g/mol. The van der Waals surface area contributed by atoms with Gasteiger partial charge in [-0.15, -0.1) is 0 Å². The first-order valence-corrected chi connectivity index (χ1v) is 9.13. The highest BCUT2D eigenvalue weighted by atomic mass is 32.1. The SMILES string of the molecule is OCCC1CN(Cc2cccc(F)c2F)CCN1Cc1ccsc1. The molecule has 3 nitrogen and oxygen atoms in total. The summed E-state index contributed by atoms with van der Waals surface area (Å²) < 4.78 is 27.3. The summed E-state index contributed by atoms with van der Waals surface area (Å²) in [5.41, 5.74) is 1.68. The summed E-state index contributed by atoms with van der Waals surface area (Å²) in [4.78, 5) is 4.51. The van der Waals surface area contributed by atoms with Crippen molar-refractivity contribution >= 4 is 11.3 Å². The molecule has 130 valence electrons. The molecule has 0 aliphatic carbocycles. The Bertz CT molecular complexity index is 650. The number of aliphatic hydroxyl groups is 1. The van der Waals surface area contributed by atoms with E-state index in [4.69, 9.17) is 0 Å². The minimum Gasteiger partial charge on any atom is -0.396 e. The van der Waals surface area contributed by atoms with Crippen LogP contribution in [0.15, 0.2) is 35.0 Å². The van der Waals surface area contributed by atoms with Crippen LogP contribution in [0.4, 0.5) is 8.78 Å². The van der Waals surface area contributed by atoms with Crippen molar-refractivity contribution in [1.82, 2.24) is 9.80 Å². The van der Waals surface area contributed by atoms with E-state index < -0.39 is 11.6 Å². The lowest BCUT2D eigenvalue weighted by Gasteiger charge is -2.41. The lowest BCUT2D eigenvalue weighted by molar-refractivity contribution is 0.0495. The average Bonchev–Trinajstić information content (AvgIpc) is 3.08. The Kier molecular flexibility index (Phi) is 5.94. The molecule has 0 amide bonds. The summed E-state index contributed by atoms with van der Waals surface area (Å²) in [6.45, 7) is 3.82. The molecule has 1 aliphatic rings. The van der Waals surface area contributed by atoms with E-state index >= 15 is 0 Å². The van der Waals surface area contributed by atoms with Crippen molar-refractivity contribution in [3.05, 3.63) is 57.8 Å². The average molecular weight is 352 g/mol. The summed E-state index contributed by atoms with van der Waals surface area (Å²) in [5.74, 6) is -1.55. The van der Waals surface area contributed by atoms with Crippen molar-refractivity contribution in [2.24, 2.45) is 0 Å². The number of nitrogens with zero attached hydrogens (tertiary/aromatic N) is 2. The van der Waals surface area contributed by atoms with Gasteiger partial charge in [-0.1, -0.05) is 12.1 Å². The molecule has 1 fully saturated rings. The van der Waals surface area contributed by atoms with Crippen LogP contribution in [-0.4, -0.2) is 47.2 Å². The number of halogens is 2. The zero-order valence-electron chi connectivity index (χ0n) is 13.5. The van der Waals surface area contributed by atoms with Crippen molar-refractivity contribution in [1.29, 1.82) is 0 Å². The van der Waals surface area contributed by atoms with Gasteiger partial charge in [0.05, 0.1) is 0 Å². The Hall–Kier alpha value is -1.34. The minimum atomic E-state index is -0.796. The standard InChI is InChI=1S/C18H22F2N2OS/c19-17-3-1-2-15(18(17)20)11-21-6-7-22(16(12-21)4-8-23)10-14-5-9-24-13-14/h1-3,5,9,13,16,23H,4,6-8,10-12H2. The molecule has 1 saturated heterocycles. The molecule has 1 aromatic carbocycles. The number of aliphatic hydroxyl groups excluding tert-OH is 1. The molecule has 6 heteroatoms. The number of thiophene rings is 1. The fraction of sp³-hybridized carbons (Fsp3) is 0.444. The van der Waals surface area contributed by atoms with Gasteiger partial charge in [-0.25, -0.2) is 8.78 Å². The summed E-state index contributed by atoms with van der Waals surface area (Å²) in [5, 5.41) is 13.6. The third-order valence-electron chi connectivity index (χ3n) is 4.54. The zero-order chi connectivity index (χ0) is 16.9. The summed E-state index contributed by atoms with van der Waals surface area (Å²) in [6, 6.07) is 6.67. The number of hydrogen-bond donors (Lipinski definition) is 1. The normalized spacial score (nSPS) is 19.7. The third-order valence-corrected chi connectivity index (χ3v) is 5.27. The molecule has 0 radical (unpaired) electrons. The van der Waals surface area contributed by atoms with Crippen LogP contribution >= 0.6 is 11.3 Å². The Morgan fingerprint density at radius 1 is 1.17 bits per heavy atom. The first-order chi connectivity index (χ1) is 11.7. The summed E-state index contributed by atoms with van der Waals surface area (Å²) in [7, 11) is 0. The van der Waals surface area contributed by atoms with Gasteiger partial charge in [0.1, 0.15) is 0 Å². The van der Waals surface area contributed by atoms with Crippen molar-refractivity contribution in [3.63, 3.8) is 0 Å². The number of hydrogen-bond acceptors (Lipinski definition) is 4. The maximum atomic E-state index is 13.9. The number of piperazine rings is 1. The quantitative estimate of drug-likeness (QED) is 0.865. The first-order valence-electron chi connectivity index (χ1n) is 8.18. The fourth-order valence-corrected chi connectivity index (χ4v) is 3.92. The highest BCUT2D eigenvalue weighted by Crippen LogP contribution is 2.20. The molecular weight excluding hydrogens is 330 g/mol. The van der Waals surface area contributed by atoms with Gasteiger partial charge in [-0.2, -0.15) is 11.3 Å². The molecule has 1 aliphatic heterocycles. The molecule has 3 rings (SSSR count). The Morgan fingerprint density at radius 2 is 2.04 bits per heavy atom. The molecule has 24 heavy (non-hydrogen) atoms. The molecule has 2 aromatic rings. The van der Waals surface area contributed by atoms with Gasteiger partial charge < -0.3 is 5.11 Å².